The van der Waals surface area contributed by atoms with Crippen molar-refractivity contribution in [3.63, 3.8) is 0 Å². The minimum Gasteiger partial charge on any atom is -0.359 e. The molecule has 94 valence electrons. The Bertz CT molecular complexity index is 518. The number of nitrogens with one attached hydrogen (secondary N) is 1. The molecule has 0 spiro atoms. The Balaban J connectivity index is 3.75. The summed E-state index contributed by atoms with van der Waals surface area (Å²) in [7, 11) is 1.49. The van der Waals surface area contributed by atoms with Crippen molar-refractivity contribution >= 4 is 15.9 Å². The van der Waals surface area contributed by atoms with Crippen LogP contribution in [-0.4, -0.2) is 12.8 Å². The third kappa shape index (κ3) is 1.45. The van der Waals surface area contributed by atoms with Gasteiger partial charge in [-0.25, -0.2) is 0 Å². The van der Waals surface area contributed by atoms with Gasteiger partial charge in [-0.05, 0) is 22.9 Å². The van der Waals surface area contributed by atoms with E-state index in [4.69, 9.17) is 4.74 Å². The van der Waals surface area contributed by atoms with Gasteiger partial charge in [0, 0.05) is 12.5 Å². The molecule has 0 radical (unpaired) electrons. The Morgan fingerprint density at radius 3 is 2.00 bits per heavy atom. The van der Waals surface area contributed by atoms with Crippen molar-refractivity contribution in [2.45, 2.75) is 26.5 Å². The fourth-order valence-corrected chi connectivity index (χ4v) is 2.88. The Labute approximate surface area is 115 Å². The predicted molar refractivity (Wildman–Crippen MR) is 67.6 cm³/mol. The van der Waals surface area contributed by atoms with Crippen LogP contribution in [0.2, 0.25) is 0 Å². The third-order valence-corrected chi connectivity index (χ3v) is 4.52. The number of nitrogens with zero attached hydrogens (tertiary/aromatic N) is 3. The van der Waals surface area contributed by atoms with Crippen molar-refractivity contribution in [3.05, 3.63) is 10.2 Å². The SMILES string of the molecule is COC1(C)NC(Br)=C(C#N)C(C#N)(C#N)C1(C)C. The van der Waals surface area contributed by atoms with Crippen molar-refractivity contribution in [2.75, 3.05) is 7.11 Å². The van der Waals surface area contributed by atoms with Crippen LogP contribution in [0.25, 0.3) is 0 Å². The number of hydrogen-bond donors (Lipinski definition) is 1. The smallest absolute Gasteiger partial charge is 0.190 e. The molecule has 6 heteroatoms. The number of halogens is 1. The van der Waals surface area contributed by atoms with E-state index in [-0.39, 0.29) is 5.57 Å². The highest BCUT2D eigenvalue weighted by molar-refractivity contribution is 9.11. The molecular weight excluding hydrogens is 296 g/mol. The quantitative estimate of drug-likeness (QED) is 0.749. The van der Waals surface area contributed by atoms with Gasteiger partial charge < -0.3 is 10.1 Å². The summed E-state index contributed by atoms with van der Waals surface area (Å²) in [4.78, 5) is 0. The van der Waals surface area contributed by atoms with Crippen LogP contribution in [-0.2, 0) is 4.74 Å². The first kappa shape index (κ1) is 14.5. The molecule has 0 aromatic heterocycles. The van der Waals surface area contributed by atoms with Crippen molar-refractivity contribution in [2.24, 2.45) is 10.8 Å². The zero-order chi connectivity index (χ0) is 14.2. The lowest BCUT2D eigenvalue weighted by molar-refractivity contribution is -0.132. The molecule has 0 fully saturated rings. The summed E-state index contributed by atoms with van der Waals surface area (Å²) in [5.74, 6) is 0. The second-order valence-electron chi connectivity index (χ2n) is 4.76. The monoisotopic (exact) mass is 308 g/mol. The number of methoxy groups -OCH3 is 1. The molecule has 1 aliphatic heterocycles. The molecule has 0 aromatic carbocycles. The maximum absolute atomic E-state index is 9.46. The Morgan fingerprint density at radius 2 is 1.67 bits per heavy atom. The number of ether oxygens (including phenoxy) is 1. The Hall–Kier alpha value is -1.55. The molecule has 1 aliphatic rings. The second kappa shape index (κ2) is 4.28. The molecular formula is C12H13BrN4O. The van der Waals surface area contributed by atoms with Gasteiger partial charge in [0.25, 0.3) is 0 Å². The largest absolute Gasteiger partial charge is 0.359 e. The summed E-state index contributed by atoms with van der Waals surface area (Å²) in [5, 5.41) is 31.1. The van der Waals surface area contributed by atoms with Crippen LogP contribution in [0.4, 0.5) is 0 Å². The molecule has 0 saturated carbocycles. The third-order valence-electron chi connectivity index (χ3n) is 3.93. The van der Waals surface area contributed by atoms with Crippen LogP contribution in [0.1, 0.15) is 20.8 Å². The molecule has 1 N–H and O–H groups in total. The van der Waals surface area contributed by atoms with E-state index in [0.717, 1.165) is 0 Å². The molecule has 1 atom stereocenters. The van der Waals surface area contributed by atoms with Gasteiger partial charge in [-0.15, -0.1) is 0 Å². The topological polar surface area (TPSA) is 92.6 Å². The van der Waals surface area contributed by atoms with Gasteiger partial charge in [0.05, 0.1) is 22.3 Å². The first-order valence-corrected chi connectivity index (χ1v) is 6.02. The van der Waals surface area contributed by atoms with Crippen molar-refractivity contribution < 1.29 is 4.74 Å². The van der Waals surface area contributed by atoms with Gasteiger partial charge in [0.15, 0.2) is 5.41 Å². The summed E-state index contributed by atoms with van der Waals surface area (Å²) in [6.45, 7) is 5.20. The zero-order valence-corrected chi connectivity index (χ0v) is 12.2. The maximum atomic E-state index is 9.46. The number of hydrogen-bond acceptors (Lipinski definition) is 5. The number of rotatable bonds is 1. The van der Waals surface area contributed by atoms with E-state index in [1.54, 1.807) is 20.8 Å². The van der Waals surface area contributed by atoms with Gasteiger partial charge in [-0.3, -0.25) is 0 Å². The number of nitriles is 3. The highest BCUT2D eigenvalue weighted by atomic mass is 79.9. The van der Waals surface area contributed by atoms with Crippen molar-refractivity contribution in [3.8, 4) is 18.2 Å². The molecule has 18 heavy (non-hydrogen) atoms. The van der Waals surface area contributed by atoms with Crippen molar-refractivity contribution in [1.29, 1.82) is 15.8 Å². The molecule has 0 saturated heterocycles. The van der Waals surface area contributed by atoms with E-state index < -0.39 is 16.6 Å². The molecule has 0 aliphatic carbocycles. The molecule has 1 unspecified atom stereocenters. The lowest BCUT2D eigenvalue weighted by atomic mass is 9.57. The highest BCUT2D eigenvalue weighted by Crippen LogP contribution is 2.55. The van der Waals surface area contributed by atoms with Crippen LogP contribution in [0.3, 0.4) is 0 Å². The lowest BCUT2D eigenvalue weighted by Crippen LogP contribution is -2.64. The van der Waals surface area contributed by atoms with E-state index in [1.165, 1.54) is 7.11 Å². The molecule has 0 bridgehead atoms. The van der Waals surface area contributed by atoms with E-state index in [0.29, 0.717) is 4.61 Å². The minimum absolute atomic E-state index is 0.0759. The van der Waals surface area contributed by atoms with E-state index >= 15 is 0 Å². The second-order valence-corrected chi connectivity index (χ2v) is 5.55. The van der Waals surface area contributed by atoms with Crippen molar-refractivity contribution in [1.82, 2.24) is 5.32 Å². The fraction of sp³-hybridized carbons (Fsp3) is 0.583. The molecule has 0 aromatic rings. The number of allylic oxidation sites excluding steroid dienone is 1. The average Bonchev–Trinajstić information content (AvgIpc) is 2.33. The molecule has 1 rings (SSSR count). The van der Waals surface area contributed by atoms with Gasteiger partial charge in [0.2, 0.25) is 0 Å². The highest BCUT2D eigenvalue weighted by Gasteiger charge is 2.63. The molecule has 1 heterocycles. The first-order chi connectivity index (χ1) is 8.26. The summed E-state index contributed by atoms with van der Waals surface area (Å²) in [6, 6.07) is 5.91. The summed E-state index contributed by atoms with van der Waals surface area (Å²) in [6.07, 6.45) is 0. The normalized spacial score (nSPS) is 28.6. The minimum atomic E-state index is -1.57. The summed E-state index contributed by atoms with van der Waals surface area (Å²) < 4.78 is 5.75. The standard InChI is InChI=1S/C12H13BrN4O/c1-10(2)11(3,18-4)17-9(13)8(5-14)12(10,6-15)7-16/h17H,1-4H3. The molecule has 5 nitrogen and oxygen atoms in total. The van der Waals surface area contributed by atoms with Gasteiger partial charge in [-0.2, -0.15) is 15.8 Å². The van der Waals surface area contributed by atoms with Crippen LogP contribution >= 0.6 is 15.9 Å². The van der Waals surface area contributed by atoms with Crippen LogP contribution in [0.15, 0.2) is 10.2 Å². The summed E-state index contributed by atoms with van der Waals surface area (Å²) in [5.41, 5.74) is -3.36. The predicted octanol–water partition coefficient (Wildman–Crippen LogP) is 2.14. The van der Waals surface area contributed by atoms with Gasteiger partial charge in [-0.1, -0.05) is 13.8 Å². The fourth-order valence-electron chi connectivity index (χ4n) is 2.12. The van der Waals surface area contributed by atoms with E-state index in [1.807, 2.05) is 18.2 Å². The van der Waals surface area contributed by atoms with Crippen LogP contribution in [0, 0.1) is 44.8 Å². The van der Waals surface area contributed by atoms with Gasteiger partial charge >= 0.3 is 0 Å². The Morgan fingerprint density at radius 1 is 1.17 bits per heavy atom. The maximum Gasteiger partial charge on any atom is 0.190 e. The Kier molecular flexibility index (Phi) is 3.45. The van der Waals surface area contributed by atoms with E-state index in [2.05, 4.69) is 21.2 Å². The lowest BCUT2D eigenvalue weighted by Gasteiger charge is -2.52. The van der Waals surface area contributed by atoms with Gasteiger partial charge in [0.1, 0.15) is 11.8 Å². The first-order valence-electron chi connectivity index (χ1n) is 5.22. The van der Waals surface area contributed by atoms with E-state index in [9.17, 15) is 15.8 Å². The molecule has 0 amide bonds. The zero-order valence-electron chi connectivity index (χ0n) is 10.6. The van der Waals surface area contributed by atoms with Crippen LogP contribution in [0.5, 0.6) is 0 Å². The van der Waals surface area contributed by atoms with Crippen LogP contribution < -0.4 is 5.32 Å². The average molecular weight is 309 g/mol. The summed E-state index contributed by atoms with van der Waals surface area (Å²) >= 11 is 3.20.